The van der Waals surface area contributed by atoms with Crippen molar-refractivity contribution >= 4 is 16.8 Å². The molecule has 0 amide bonds. The number of nitro groups is 1. The summed E-state index contributed by atoms with van der Waals surface area (Å²) in [6, 6.07) is 5.17. The fourth-order valence-corrected chi connectivity index (χ4v) is 1.25. The van der Waals surface area contributed by atoms with Gasteiger partial charge in [0.25, 0.3) is 5.69 Å². The lowest BCUT2D eigenvalue weighted by Crippen LogP contribution is -1.96. The zero-order chi connectivity index (χ0) is 11.1. The molecule has 0 saturated heterocycles. The highest BCUT2D eigenvalue weighted by atomic mass is 32.2. The first-order valence-electron chi connectivity index (χ1n) is 3.53. The van der Waals surface area contributed by atoms with Gasteiger partial charge < -0.3 is 10.3 Å². The second-order valence-corrected chi connectivity index (χ2v) is 2.87. The van der Waals surface area contributed by atoms with Crippen molar-refractivity contribution < 1.29 is 13.7 Å². The largest absolute Gasteiger partial charge is 0.768 e. The first-order chi connectivity index (χ1) is 6.63. The first-order valence-corrected chi connectivity index (χ1v) is 4.61. The molecular formula is C7H9N2O4S-. The van der Waals surface area contributed by atoms with Gasteiger partial charge in [0, 0.05) is 6.07 Å². The molecule has 0 saturated carbocycles. The lowest BCUT2D eigenvalue weighted by Gasteiger charge is -2.04. The number of nitro benzene ring substituents is 1. The maximum absolute atomic E-state index is 10.4. The molecule has 0 aliphatic rings. The highest BCUT2D eigenvalue weighted by Crippen LogP contribution is 2.19. The minimum absolute atomic E-state index is 0.289. The standard InChI is InChI=1S/C6H5NO4S.CH5N/c8-7(9)5-3-1-2-4-6(5)12(10)11;1-2/h1-4H,(H,10,11);2H2,1H3/p-1. The molecule has 6 nitrogen and oxygen atoms in total. The Labute approximate surface area is 83.2 Å². The molecular weight excluding hydrogens is 208 g/mol. The number of hydrogen-bond donors (Lipinski definition) is 1. The van der Waals surface area contributed by atoms with Crippen LogP contribution in [0.2, 0.25) is 0 Å². The van der Waals surface area contributed by atoms with Crippen LogP contribution in [-0.2, 0) is 11.1 Å². The van der Waals surface area contributed by atoms with Crippen LogP contribution in [0.4, 0.5) is 5.69 Å². The van der Waals surface area contributed by atoms with Crippen LogP contribution in [0.15, 0.2) is 29.2 Å². The van der Waals surface area contributed by atoms with Gasteiger partial charge in [-0.15, -0.1) is 0 Å². The van der Waals surface area contributed by atoms with E-state index in [-0.39, 0.29) is 4.90 Å². The van der Waals surface area contributed by atoms with Crippen molar-refractivity contribution in [1.29, 1.82) is 0 Å². The van der Waals surface area contributed by atoms with Gasteiger partial charge in [-0.3, -0.25) is 14.3 Å². The Kier molecular flexibility index (Phi) is 5.61. The van der Waals surface area contributed by atoms with Crippen LogP contribution in [0.25, 0.3) is 0 Å². The van der Waals surface area contributed by atoms with Gasteiger partial charge in [-0.25, -0.2) is 0 Å². The number of nitrogens with zero attached hydrogens (tertiary/aromatic N) is 1. The first kappa shape index (κ1) is 12.7. The molecule has 1 aromatic rings. The molecule has 7 heteroatoms. The van der Waals surface area contributed by atoms with Crippen molar-refractivity contribution in [2.24, 2.45) is 5.73 Å². The zero-order valence-electron chi connectivity index (χ0n) is 7.38. The molecule has 1 aromatic carbocycles. The third kappa shape index (κ3) is 3.21. The number of rotatable bonds is 2. The number of benzene rings is 1. The van der Waals surface area contributed by atoms with E-state index in [4.69, 9.17) is 0 Å². The Morgan fingerprint density at radius 2 is 1.86 bits per heavy atom. The van der Waals surface area contributed by atoms with Crippen LogP contribution >= 0.6 is 0 Å². The third-order valence-corrected chi connectivity index (χ3v) is 1.95. The van der Waals surface area contributed by atoms with Crippen LogP contribution in [0.3, 0.4) is 0 Å². The minimum Gasteiger partial charge on any atom is -0.768 e. The topological polar surface area (TPSA) is 109 Å². The van der Waals surface area contributed by atoms with Crippen LogP contribution < -0.4 is 5.73 Å². The Morgan fingerprint density at radius 1 is 1.36 bits per heavy atom. The van der Waals surface area contributed by atoms with Crippen LogP contribution in [0.1, 0.15) is 0 Å². The second kappa shape index (κ2) is 6.19. The average Bonchev–Trinajstić information content (AvgIpc) is 2.20. The van der Waals surface area contributed by atoms with E-state index in [0.29, 0.717) is 0 Å². The monoisotopic (exact) mass is 217 g/mol. The SMILES string of the molecule is CN.O=[N+]([O-])c1ccccc1S(=O)[O-]. The number of hydrogen-bond acceptors (Lipinski definition) is 5. The molecule has 0 heterocycles. The van der Waals surface area contributed by atoms with Crippen LogP contribution in [-0.4, -0.2) is 20.7 Å². The lowest BCUT2D eigenvalue weighted by atomic mass is 10.3. The summed E-state index contributed by atoms with van der Waals surface area (Å²) >= 11 is -2.55. The maximum atomic E-state index is 10.4. The van der Waals surface area contributed by atoms with Crippen molar-refractivity contribution in [2.45, 2.75) is 4.90 Å². The summed E-state index contributed by atoms with van der Waals surface area (Å²) < 4.78 is 20.8. The maximum Gasteiger partial charge on any atom is 0.284 e. The molecule has 0 fully saturated rings. The molecule has 0 spiro atoms. The highest BCUT2D eigenvalue weighted by Gasteiger charge is 2.11. The predicted octanol–water partition coefficient (Wildman–Crippen LogP) is 0.408. The van der Waals surface area contributed by atoms with Gasteiger partial charge in [0.15, 0.2) is 0 Å². The molecule has 1 unspecified atom stereocenters. The summed E-state index contributed by atoms with van der Waals surface area (Å²) in [7, 11) is 1.50. The van der Waals surface area contributed by atoms with Crippen molar-refractivity contribution in [3.05, 3.63) is 34.4 Å². The summed E-state index contributed by atoms with van der Waals surface area (Å²) in [5.74, 6) is 0. The van der Waals surface area contributed by atoms with E-state index in [0.717, 1.165) is 6.07 Å². The van der Waals surface area contributed by atoms with Crippen molar-refractivity contribution in [3.63, 3.8) is 0 Å². The number of nitrogens with two attached hydrogens (primary N) is 1. The van der Waals surface area contributed by atoms with E-state index in [1.165, 1.54) is 25.2 Å². The molecule has 0 aliphatic carbocycles. The summed E-state index contributed by atoms with van der Waals surface area (Å²) in [5.41, 5.74) is 4.10. The third-order valence-electron chi connectivity index (χ3n) is 1.24. The summed E-state index contributed by atoms with van der Waals surface area (Å²) in [6.07, 6.45) is 0. The fourth-order valence-electron chi connectivity index (χ4n) is 0.749. The lowest BCUT2D eigenvalue weighted by molar-refractivity contribution is -0.387. The van der Waals surface area contributed by atoms with Gasteiger partial charge in [-0.05, 0) is 24.2 Å². The van der Waals surface area contributed by atoms with E-state index in [1.54, 1.807) is 0 Å². The molecule has 1 rings (SSSR count). The summed E-state index contributed by atoms with van der Waals surface area (Å²) in [5, 5.41) is 10.3. The predicted molar refractivity (Wildman–Crippen MR) is 50.4 cm³/mol. The van der Waals surface area contributed by atoms with Crippen LogP contribution in [0.5, 0.6) is 0 Å². The van der Waals surface area contributed by atoms with Gasteiger partial charge in [-0.1, -0.05) is 12.1 Å². The molecule has 0 radical (unpaired) electrons. The Morgan fingerprint density at radius 3 is 2.21 bits per heavy atom. The van der Waals surface area contributed by atoms with E-state index in [2.05, 4.69) is 5.73 Å². The highest BCUT2D eigenvalue weighted by molar-refractivity contribution is 7.79. The molecule has 78 valence electrons. The van der Waals surface area contributed by atoms with Gasteiger partial charge >= 0.3 is 0 Å². The normalized spacial score (nSPS) is 11.1. The second-order valence-electron chi connectivity index (χ2n) is 1.96. The van der Waals surface area contributed by atoms with E-state index < -0.39 is 21.7 Å². The van der Waals surface area contributed by atoms with Gasteiger partial charge in [0.1, 0.15) is 4.90 Å². The molecule has 1 atom stereocenters. The average molecular weight is 217 g/mol. The van der Waals surface area contributed by atoms with Crippen molar-refractivity contribution in [3.8, 4) is 0 Å². The van der Waals surface area contributed by atoms with E-state index in [1.807, 2.05) is 0 Å². The Bertz CT molecular complexity index is 309. The van der Waals surface area contributed by atoms with Gasteiger partial charge in [0.05, 0.1) is 4.92 Å². The smallest absolute Gasteiger partial charge is 0.284 e. The molecule has 0 aromatic heterocycles. The fraction of sp³-hybridized carbons (Fsp3) is 0.143. The molecule has 2 N–H and O–H groups in total. The molecule has 0 bridgehead atoms. The minimum atomic E-state index is -2.55. The van der Waals surface area contributed by atoms with Crippen molar-refractivity contribution in [2.75, 3.05) is 7.05 Å². The summed E-state index contributed by atoms with van der Waals surface area (Å²) in [4.78, 5) is 9.24. The Hall–Kier alpha value is -1.31. The van der Waals surface area contributed by atoms with E-state index in [9.17, 15) is 18.9 Å². The Balaban J connectivity index is 0.000000791. The molecule has 0 aliphatic heterocycles. The van der Waals surface area contributed by atoms with E-state index >= 15 is 0 Å². The quantitative estimate of drug-likeness (QED) is 0.438. The van der Waals surface area contributed by atoms with Gasteiger partial charge in [-0.2, -0.15) is 0 Å². The van der Waals surface area contributed by atoms with Gasteiger partial charge in [0.2, 0.25) is 0 Å². The number of para-hydroxylation sites is 1. The van der Waals surface area contributed by atoms with Crippen molar-refractivity contribution in [1.82, 2.24) is 0 Å². The van der Waals surface area contributed by atoms with Crippen LogP contribution in [0, 0.1) is 10.1 Å². The zero-order valence-corrected chi connectivity index (χ0v) is 8.19. The molecule has 14 heavy (non-hydrogen) atoms. The summed E-state index contributed by atoms with van der Waals surface area (Å²) in [6.45, 7) is 0.